The average Bonchev–Trinajstić information content (AvgIpc) is 2.14. The van der Waals surface area contributed by atoms with E-state index in [0.29, 0.717) is 5.94 Å². The van der Waals surface area contributed by atoms with Gasteiger partial charge in [0.15, 0.2) is 0 Å². The van der Waals surface area contributed by atoms with Gasteiger partial charge >= 0.3 is 0 Å². The fourth-order valence-electron chi connectivity index (χ4n) is 0.671. The van der Waals surface area contributed by atoms with Crippen LogP contribution in [0.4, 0.5) is 0 Å². The van der Waals surface area contributed by atoms with Crippen molar-refractivity contribution in [3.05, 3.63) is 30.3 Å². The van der Waals surface area contributed by atoms with E-state index in [0.717, 1.165) is 5.75 Å². The Morgan fingerprint density at radius 3 is 2.75 bits per heavy atom. The van der Waals surface area contributed by atoms with Crippen molar-refractivity contribution in [1.82, 2.24) is 0 Å². The van der Waals surface area contributed by atoms with Crippen LogP contribution in [0.25, 0.3) is 0 Å². The SMILES string of the molecule is IC#CSCOc1ccccc1. The van der Waals surface area contributed by atoms with Crippen molar-refractivity contribution in [3.63, 3.8) is 0 Å². The van der Waals surface area contributed by atoms with Crippen LogP contribution in [-0.2, 0) is 0 Å². The van der Waals surface area contributed by atoms with Crippen LogP contribution >= 0.6 is 34.4 Å². The molecular weight excluding hydrogens is 283 g/mol. The van der Waals surface area contributed by atoms with E-state index in [9.17, 15) is 0 Å². The highest BCUT2D eigenvalue weighted by Crippen LogP contribution is 2.10. The van der Waals surface area contributed by atoms with Gasteiger partial charge in [-0.1, -0.05) is 18.2 Å². The topological polar surface area (TPSA) is 9.23 Å². The van der Waals surface area contributed by atoms with Gasteiger partial charge in [-0.3, -0.25) is 0 Å². The average molecular weight is 290 g/mol. The minimum Gasteiger partial charge on any atom is -0.482 e. The monoisotopic (exact) mass is 290 g/mol. The molecule has 62 valence electrons. The van der Waals surface area contributed by atoms with Crippen LogP contribution in [0, 0.1) is 9.18 Å². The molecule has 0 radical (unpaired) electrons. The van der Waals surface area contributed by atoms with Crippen molar-refractivity contribution < 1.29 is 4.74 Å². The first-order chi connectivity index (χ1) is 5.93. The van der Waals surface area contributed by atoms with Gasteiger partial charge < -0.3 is 4.74 Å². The number of para-hydroxylation sites is 1. The minimum absolute atomic E-state index is 0.583. The molecule has 0 unspecified atom stereocenters. The Morgan fingerprint density at radius 2 is 2.08 bits per heavy atom. The summed E-state index contributed by atoms with van der Waals surface area (Å²) in [5.74, 6) is 1.47. The Labute approximate surface area is 90.0 Å². The molecule has 0 bridgehead atoms. The molecule has 0 amide bonds. The number of thioether (sulfide) groups is 1. The summed E-state index contributed by atoms with van der Waals surface area (Å²) in [6.07, 6.45) is 0. The van der Waals surface area contributed by atoms with E-state index in [1.54, 1.807) is 0 Å². The fourth-order valence-corrected chi connectivity index (χ4v) is 1.45. The summed E-state index contributed by atoms with van der Waals surface area (Å²) in [5, 5.41) is 2.85. The standard InChI is InChI=1S/C9H7IOS/c10-6-7-12-8-11-9-4-2-1-3-5-9/h1-5H,8H2. The van der Waals surface area contributed by atoms with E-state index in [1.807, 2.05) is 52.9 Å². The molecule has 0 aliphatic carbocycles. The van der Waals surface area contributed by atoms with E-state index < -0.39 is 0 Å². The number of benzene rings is 1. The number of hydrogen-bond acceptors (Lipinski definition) is 2. The predicted molar refractivity (Wildman–Crippen MR) is 61.3 cm³/mol. The largest absolute Gasteiger partial charge is 0.482 e. The second kappa shape index (κ2) is 6.21. The zero-order valence-corrected chi connectivity index (χ0v) is 9.26. The first-order valence-corrected chi connectivity index (χ1v) is 5.40. The fraction of sp³-hybridized carbons (Fsp3) is 0.111. The van der Waals surface area contributed by atoms with Gasteiger partial charge in [-0.05, 0) is 33.1 Å². The molecule has 1 nitrogen and oxygen atoms in total. The Morgan fingerprint density at radius 1 is 1.33 bits per heavy atom. The summed E-state index contributed by atoms with van der Waals surface area (Å²) in [5.41, 5.74) is 0. The van der Waals surface area contributed by atoms with Gasteiger partial charge in [0, 0.05) is 22.6 Å². The Balaban J connectivity index is 2.27. The first-order valence-electron chi connectivity index (χ1n) is 3.34. The molecule has 0 N–H and O–H groups in total. The molecule has 0 aliphatic rings. The maximum atomic E-state index is 5.37. The van der Waals surface area contributed by atoms with E-state index >= 15 is 0 Å². The van der Waals surface area contributed by atoms with E-state index in [2.05, 4.69) is 9.18 Å². The lowest BCUT2D eigenvalue weighted by Gasteiger charge is -2.00. The second-order valence-corrected chi connectivity index (χ2v) is 3.18. The Bertz CT molecular complexity index is 276. The number of rotatable bonds is 3. The van der Waals surface area contributed by atoms with Crippen LogP contribution in [0.5, 0.6) is 5.75 Å². The summed E-state index contributed by atoms with van der Waals surface area (Å²) in [7, 11) is 0. The highest BCUT2D eigenvalue weighted by atomic mass is 127. The lowest BCUT2D eigenvalue weighted by atomic mass is 10.3. The van der Waals surface area contributed by atoms with E-state index in [-0.39, 0.29) is 0 Å². The smallest absolute Gasteiger partial charge is 0.146 e. The third-order valence-corrected chi connectivity index (χ3v) is 2.26. The van der Waals surface area contributed by atoms with Crippen molar-refractivity contribution in [2.75, 3.05) is 5.94 Å². The van der Waals surface area contributed by atoms with Crippen LogP contribution in [0.3, 0.4) is 0 Å². The molecule has 1 rings (SSSR count). The summed E-state index contributed by atoms with van der Waals surface area (Å²) in [6.45, 7) is 0. The van der Waals surface area contributed by atoms with E-state index in [1.165, 1.54) is 11.8 Å². The second-order valence-electron chi connectivity index (χ2n) is 1.92. The van der Waals surface area contributed by atoms with Gasteiger partial charge in [-0.15, -0.1) is 0 Å². The van der Waals surface area contributed by atoms with E-state index in [4.69, 9.17) is 4.74 Å². The first kappa shape index (κ1) is 9.75. The van der Waals surface area contributed by atoms with Crippen LogP contribution in [0.2, 0.25) is 0 Å². The highest BCUT2D eigenvalue weighted by molar-refractivity contribution is 14.1. The lowest BCUT2D eigenvalue weighted by Crippen LogP contribution is -1.89. The summed E-state index contributed by atoms with van der Waals surface area (Å²) >= 11 is 3.46. The molecule has 1 aromatic rings. The molecule has 0 heterocycles. The maximum Gasteiger partial charge on any atom is 0.146 e. The third-order valence-electron chi connectivity index (χ3n) is 1.14. The van der Waals surface area contributed by atoms with Gasteiger partial charge in [0.1, 0.15) is 11.7 Å². The number of ether oxygens (including phenoxy) is 1. The lowest BCUT2D eigenvalue weighted by molar-refractivity contribution is 0.394. The van der Waals surface area contributed by atoms with Gasteiger partial charge in [0.2, 0.25) is 0 Å². The van der Waals surface area contributed by atoms with Crippen molar-refractivity contribution in [2.24, 2.45) is 0 Å². The molecule has 0 fully saturated rings. The third kappa shape index (κ3) is 3.88. The molecule has 3 heteroatoms. The zero-order valence-electron chi connectivity index (χ0n) is 6.29. The summed E-state index contributed by atoms with van der Waals surface area (Å²) in [6, 6.07) is 9.72. The molecule has 0 saturated heterocycles. The maximum absolute atomic E-state index is 5.37. The normalized spacial score (nSPS) is 8.42. The van der Waals surface area contributed by atoms with Crippen LogP contribution < -0.4 is 4.74 Å². The van der Waals surface area contributed by atoms with Gasteiger partial charge in [0.05, 0.1) is 0 Å². The highest BCUT2D eigenvalue weighted by Gasteiger charge is 1.88. The van der Waals surface area contributed by atoms with Crippen LogP contribution in [0.15, 0.2) is 30.3 Å². The molecule has 0 aromatic heterocycles. The Hall–Kier alpha value is -0.340. The molecule has 12 heavy (non-hydrogen) atoms. The van der Waals surface area contributed by atoms with Gasteiger partial charge in [-0.25, -0.2) is 0 Å². The summed E-state index contributed by atoms with van der Waals surface area (Å²) in [4.78, 5) is 0. The van der Waals surface area contributed by atoms with Crippen molar-refractivity contribution >= 4 is 34.4 Å². The van der Waals surface area contributed by atoms with Gasteiger partial charge in [0.25, 0.3) is 0 Å². The molecule has 0 spiro atoms. The zero-order chi connectivity index (χ0) is 8.65. The summed E-state index contributed by atoms with van der Waals surface area (Å²) < 4.78 is 8.12. The van der Waals surface area contributed by atoms with Crippen molar-refractivity contribution in [1.29, 1.82) is 0 Å². The van der Waals surface area contributed by atoms with Gasteiger partial charge in [-0.2, -0.15) is 0 Å². The van der Waals surface area contributed by atoms with Crippen LogP contribution in [-0.4, -0.2) is 5.94 Å². The predicted octanol–water partition coefficient (Wildman–Crippen LogP) is 3.11. The number of hydrogen-bond donors (Lipinski definition) is 0. The molecule has 0 atom stereocenters. The molecule has 1 aromatic carbocycles. The van der Waals surface area contributed by atoms with Crippen molar-refractivity contribution in [2.45, 2.75) is 0 Å². The minimum atomic E-state index is 0.583. The molecule has 0 saturated carbocycles. The molecule has 0 aliphatic heterocycles. The Kier molecular flexibility index (Phi) is 5.04. The number of halogens is 1. The molecular formula is C9H7IOS. The van der Waals surface area contributed by atoms with Crippen molar-refractivity contribution in [3.8, 4) is 14.9 Å². The van der Waals surface area contributed by atoms with Crippen LogP contribution in [0.1, 0.15) is 0 Å². The quantitative estimate of drug-likeness (QED) is 0.366.